The molecule has 15 heavy (non-hydrogen) atoms. The average molecular weight is 231 g/mol. The smallest absolute Gasteiger partial charge is 0.0558 e. The zero-order valence-electron chi connectivity index (χ0n) is 10.0. The zero-order valence-corrected chi connectivity index (χ0v) is 10.9. The maximum absolute atomic E-state index is 9.07. The lowest BCUT2D eigenvalue weighted by molar-refractivity contribution is 0.0809. The topological polar surface area (TPSA) is 23.5 Å². The Hall–Kier alpha value is 0.270. The van der Waals surface area contributed by atoms with E-state index in [1.165, 1.54) is 19.3 Å². The number of thiol groups is 1. The lowest BCUT2D eigenvalue weighted by Gasteiger charge is -2.39. The van der Waals surface area contributed by atoms with Crippen LogP contribution in [0.2, 0.25) is 0 Å². The Balaban J connectivity index is 2.40. The normalized spacial score (nSPS) is 19.6. The maximum Gasteiger partial charge on any atom is 0.0558 e. The molecule has 0 aliphatic heterocycles. The third kappa shape index (κ3) is 3.97. The average Bonchev–Trinajstić information content (AvgIpc) is 2.10. The molecule has 1 fully saturated rings. The monoisotopic (exact) mass is 231 g/mol. The van der Waals surface area contributed by atoms with Gasteiger partial charge in [-0.3, -0.25) is 4.90 Å². The molecule has 1 N–H and O–H groups in total. The molecule has 90 valence electrons. The first-order chi connectivity index (χ1) is 7.19. The van der Waals surface area contributed by atoms with Crippen molar-refractivity contribution in [2.75, 3.05) is 25.4 Å². The van der Waals surface area contributed by atoms with Crippen LogP contribution in [0.1, 0.15) is 33.1 Å². The number of aliphatic hydroxyl groups is 1. The zero-order chi connectivity index (χ0) is 11.3. The van der Waals surface area contributed by atoms with Crippen LogP contribution in [0.15, 0.2) is 0 Å². The van der Waals surface area contributed by atoms with E-state index in [1.54, 1.807) is 0 Å². The SMILES string of the molecule is CC(C)C(CS)CN(CCO)C1CCC1. The van der Waals surface area contributed by atoms with Crippen molar-refractivity contribution < 1.29 is 5.11 Å². The molecule has 1 unspecified atom stereocenters. The Kier molecular flexibility index (Phi) is 6.02. The number of hydrogen-bond acceptors (Lipinski definition) is 3. The quantitative estimate of drug-likeness (QED) is 0.655. The fraction of sp³-hybridized carbons (Fsp3) is 1.00. The molecule has 0 radical (unpaired) electrons. The molecule has 0 aromatic heterocycles. The summed E-state index contributed by atoms with van der Waals surface area (Å²) in [6.07, 6.45) is 3.99. The van der Waals surface area contributed by atoms with E-state index < -0.39 is 0 Å². The second-order valence-electron chi connectivity index (χ2n) is 4.99. The van der Waals surface area contributed by atoms with Gasteiger partial charge >= 0.3 is 0 Å². The lowest BCUT2D eigenvalue weighted by Crippen LogP contribution is -2.45. The molecule has 0 spiro atoms. The van der Waals surface area contributed by atoms with Gasteiger partial charge in [0.1, 0.15) is 0 Å². The summed E-state index contributed by atoms with van der Waals surface area (Å²) in [7, 11) is 0. The van der Waals surface area contributed by atoms with Gasteiger partial charge < -0.3 is 5.11 Å². The first-order valence-corrected chi connectivity index (χ1v) is 6.78. The Morgan fingerprint density at radius 1 is 1.40 bits per heavy atom. The van der Waals surface area contributed by atoms with Crippen molar-refractivity contribution in [3.63, 3.8) is 0 Å². The van der Waals surface area contributed by atoms with E-state index in [0.29, 0.717) is 11.8 Å². The van der Waals surface area contributed by atoms with Gasteiger partial charge in [-0.15, -0.1) is 0 Å². The van der Waals surface area contributed by atoms with Gasteiger partial charge in [0.25, 0.3) is 0 Å². The Morgan fingerprint density at radius 3 is 2.40 bits per heavy atom. The predicted octanol–water partition coefficient (Wildman–Crippen LogP) is 2.04. The first-order valence-electron chi connectivity index (χ1n) is 6.14. The summed E-state index contributed by atoms with van der Waals surface area (Å²) in [5.74, 6) is 2.29. The van der Waals surface area contributed by atoms with Gasteiger partial charge in [0.05, 0.1) is 6.61 Å². The molecule has 0 aromatic carbocycles. The van der Waals surface area contributed by atoms with Crippen molar-refractivity contribution in [3.05, 3.63) is 0 Å². The molecular weight excluding hydrogens is 206 g/mol. The molecule has 2 nitrogen and oxygen atoms in total. The maximum atomic E-state index is 9.07. The molecule has 1 aliphatic carbocycles. The summed E-state index contributed by atoms with van der Waals surface area (Å²) in [6, 6.07) is 0.735. The second-order valence-corrected chi connectivity index (χ2v) is 5.36. The third-order valence-electron chi connectivity index (χ3n) is 3.62. The van der Waals surface area contributed by atoms with Crippen molar-refractivity contribution in [1.82, 2.24) is 4.90 Å². The van der Waals surface area contributed by atoms with E-state index in [0.717, 1.165) is 24.9 Å². The second kappa shape index (κ2) is 6.77. The van der Waals surface area contributed by atoms with Gasteiger partial charge in [0.2, 0.25) is 0 Å². The van der Waals surface area contributed by atoms with Gasteiger partial charge in [0, 0.05) is 19.1 Å². The van der Waals surface area contributed by atoms with Gasteiger partial charge in [-0.2, -0.15) is 12.6 Å². The largest absolute Gasteiger partial charge is 0.395 e. The first kappa shape index (κ1) is 13.3. The highest BCUT2D eigenvalue weighted by Gasteiger charge is 2.26. The minimum Gasteiger partial charge on any atom is -0.395 e. The van der Waals surface area contributed by atoms with Crippen molar-refractivity contribution in [2.45, 2.75) is 39.2 Å². The van der Waals surface area contributed by atoms with Crippen molar-refractivity contribution >= 4 is 12.6 Å². The summed E-state index contributed by atoms with van der Waals surface area (Å²) >= 11 is 4.42. The van der Waals surface area contributed by atoms with Crippen molar-refractivity contribution in [1.29, 1.82) is 0 Å². The van der Waals surface area contributed by atoms with E-state index >= 15 is 0 Å². The van der Waals surface area contributed by atoms with Crippen LogP contribution in [-0.4, -0.2) is 41.5 Å². The Labute approximate surface area is 99.5 Å². The Bertz CT molecular complexity index is 171. The Morgan fingerprint density at radius 2 is 2.07 bits per heavy atom. The van der Waals surface area contributed by atoms with E-state index in [1.807, 2.05) is 0 Å². The van der Waals surface area contributed by atoms with Gasteiger partial charge in [-0.1, -0.05) is 20.3 Å². The van der Waals surface area contributed by atoms with Crippen molar-refractivity contribution in [3.8, 4) is 0 Å². The van der Waals surface area contributed by atoms with Gasteiger partial charge in [-0.05, 0) is 30.4 Å². The standard InChI is InChI=1S/C12H25NOS/c1-10(2)11(9-15)8-13(6-7-14)12-4-3-5-12/h10-12,14-15H,3-9H2,1-2H3. The summed E-state index contributed by atoms with van der Waals surface area (Å²) in [5, 5.41) is 9.07. The molecule has 0 saturated heterocycles. The van der Waals surface area contributed by atoms with Crippen LogP contribution in [0.5, 0.6) is 0 Å². The minimum absolute atomic E-state index is 0.286. The highest BCUT2D eigenvalue weighted by molar-refractivity contribution is 7.80. The molecule has 0 heterocycles. The number of rotatable bonds is 7. The summed E-state index contributed by atoms with van der Waals surface area (Å²) in [6.45, 7) is 6.75. The molecule has 0 amide bonds. The molecular formula is C12H25NOS. The van der Waals surface area contributed by atoms with Gasteiger partial charge in [0.15, 0.2) is 0 Å². The van der Waals surface area contributed by atoms with Gasteiger partial charge in [-0.25, -0.2) is 0 Å². The van der Waals surface area contributed by atoms with Crippen LogP contribution in [0, 0.1) is 11.8 Å². The summed E-state index contributed by atoms with van der Waals surface area (Å²) in [4.78, 5) is 2.46. The van der Waals surface area contributed by atoms with Crippen LogP contribution in [0.4, 0.5) is 0 Å². The van der Waals surface area contributed by atoms with E-state index in [4.69, 9.17) is 5.11 Å². The lowest BCUT2D eigenvalue weighted by atomic mass is 9.89. The molecule has 1 atom stereocenters. The predicted molar refractivity (Wildman–Crippen MR) is 68.5 cm³/mol. The van der Waals surface area contributed by atoms with Crippen LogP contribution >= 0.6 is 12.6 Å². The molecule has 3 heteroatoms. The van der Waals surface area contributed by atoms with E-state index in [2.05, 4.69) is 31.4 Å². The van der Waals surface area contributed by atoms with Crippen LogP contribution in [0.3, 0.4) is 0 Å². The highest BCUT2D eigenvalue weighted by Crippen LogP contribution is 2.26. The molecule has 1 rings (SSSR count). The van der Waals surface area contributed by atoms with Crippen LogP contribution in [0.25, 0.3) is 0 Å². The molecule has 1 saturated carbocycles. The fourth-order valence-electron chi connectivity index (χ4n) is 2.08. The van der Waals surface area contributed by atoms with E-state index in [-0.39, 0.29) is 6.61 Å². The molecule has 0 aromatic rings. The van der Waals surface area contributed by atoms with Crippen LogP contribution < -0.4 is 0 Å². The third-order valence-corrected chi connectivity index (χ3v) is 4.09. The van der Waals surface area contributed by atoms with E-state index in [9.17, 15) is 0 Å². The number of hydrogen-bond donors (Lipinski definition) is 2. The summed E-state index contributed by atoms with van der Waals surface area (Å²) in [5.41, 5.74) is 0. The molecule has 0 bridgehead atoms. The van der Waals surface area contributed by atoms with Crippen molar-refractivity contribution in [2.24, 2.45) is 11.8 Å². The van der Waals surface area contributed by atoms with Crippen LogP contribution in [-0.2, 0) is 0 Å². The summed E-state index contributed by atoms with van der Waals surface area (Å²) < 4.78 is 0. The fourth-order valence-corrected chi connectivity index (χ4v) is 2.62. The molecule has 1 aliphatic rings. The number of aliphatic hydroxyl groups excluding tert-OH is 1. The number of nitrogens with zero attached hydrogens (tertiary/aromatic N) is 1. The highest BCUT2D eigenvalue weighted by atomic mass is 32.1. The minimum atomic E-state index is 0.286.